The summed E-state index contributed by atoms with van der Waals surface area (Å²) in [5.74, 6) is 1.16. The highest BCUT2D eigenvalue weighted by Gasteiger charge is 2.23. The number of carboxylic acids is 1. The van der Waals surface area contributed by atoms with Crippen molar-refractivity contribution in [3.63, 3.8) is 0 Å². The molecule has 0 radical (unpaired) electrons. The fourth-order valence-corrected chi connectivity index (χ4v) is 3.62. The van der Waals surface area contributed by atoms with Crippen LogP contribution in [-0.4, -0.2) is 31.8 Å². The molecule has 160 valence electrons. The predicted molar refractivity (Wildman–Crippen MR) is 116 cm³/mol. The minimum atomic E-state index is -1.20. The Morgan fingerprint density at radius 1 is 0.968 bits per heavy atom. The predicted octanol–water partition coefficient (Wildman–Crippen LogP) is 3.71. The van der Waals surface area contributed by atoms with Crippen LogP contribution in [0.3, 0.4) is 0 Å². The van der Waals surface area contributed by atoms with Crippen LogP contribution in [0.2, 0.25) is 0 Å². The molecule has 0 bridgehead atoms. The van der Waals surface area contributed by atoms with Crippen LogP contribution >= 0.6 is 0 Å². The zero-order valence-corrected chi connectivity index (χ0v) is 17.3. The molecule has 0 saturated carbocycles. The van der Waals surface area contributed by atoms with Gasteiger partial charge in [-0.2, -0.15) is 0 Å². The maximum absolute atomic E-state index is 11.2. The minimum Gasteiger partial charge on any atom is -0.547 e. The van der Waals surface area contributed by atoms with E-state index >= 15 is 0 Å². The van der Waals surface area contributed by atoms with E-state index in [0.717, 1.165) is 34.2 Å². The Hall–Kier alpha value is -3.51. The maximum atomic E-state index is 11.2. The number of carboxylic acid groups (broad SMARTS) is 1. The van der Waals surface area contributed by atoms with Gasteiger partial charge in [0.1, 0.15) is 18.5 Å². The van der Waals surface area contributed by atoms with E-state index in [2.05, 4.69) is 4.90 Å². The van der Waals surface area contributed by atoms with Gasteiger partial charge in [-0.1, -0.05) is 36.4 Å². The lowest BCUT2D eigenvalue weighted by Gasteiger charge is -2.32. The number of benzene rings is 3. The minimum absolute atomic E-state index is 0.262. The first-order chi connectivity index (χ1) is 15.2. The Morgan fingerprint density at radius 2 is 1.58 bits per heavy atom. The summed E-state index contributed by atoms with van der Waals surface area (Å²) in [6.07, 6.45) is -0.684. The van der Waals surface area contributed by atoms with E-state index in [0.29, 0.717) is 19.8 Å². The molecule has 1 aliphatic rings. The summed E-state index contributed by atoms with van der Waals surface area (Å²) in [7, 11) is 0. The van der Waals surface area contributed by atoms with Gasteiger partial charge in [-0.3, -0.25) is 0 Å². The Balaban J connectivity index is 1.39. The third-order valence-corrected chi connectivity index (χ3v) is 5.09. The van der Waals surface area contributed by atoms with Gasteiger partial charge in [0.2, 0.25) is 0 Å². The molecule has 4 rings (SSSR count). The summed E-state index contributed by atoms with van der Waals surface area (Å²) in [6.45, 7) is 3.21. The molecule has 6 heteroatoms. The number of fused-ring (bicyclic) bond motifs is 2. The average Bonchev–Trinajstić information content (AvgIpc) is 2.79. The SMILES string of the molecule is CCO[C@H](Cc1ccc(OCCN2c3ccccc3Oc3ccccc32)cc1)C(=O)[O-]. The lowest BCUT2D eigenvalue weighted by Crippen LogP contribution is -2.39. The Labute approximate surface area is 181 Å². The van der Waals surface area contributed by atoms with Gasteiger partial charge in [0, 0.05) is 13.0 Å². The average molecular weight is 418 g/mol. The van der Waals surface area contributed by atoms with Crippen molar-refractivity contribution in [3.05, 3.63) is 78.4 Å². The number of para-hydroxylation sites is 4. The number of ether oxygens (including phenoxy) is 3. The molecule has 0 amide bonds. The van der Waals surface area contributed by atoms with Crippen LogP contribution in [0.5, 0.6) is 17.2 Å². The van der Waals surface area contributed by atoms with Crippen molar-refractivity contribution >= 4 is 17.3 Å². The molecule has 3 aromatic carbocycles. The van der Waals surface area contributed by atoms with Crippen LogP contribution in [0.15, 0.2) is 72.8 Å². The van der Waals surface area contributed by atoms with Crippen LogP contribution in [0.1, 0.15) is 12.5 Å². The standard InChI is InChI=1S/C25H25NO5/c1-2-29-24(25(27)28)17-18-11-13-19(14-12-18)30-16-15-26-20-7-3-5-9-22(20)31-23-10-6-4-8-21(23)26/h3-14,24H,2,15-17H2,1H3,(H,27,28)/p-1/t24-/m1/s1. The molecule has 0 fully saturated rings. The second-order valence-corrected chi connectivity index (χ2v) is 7.15. The van der Waals surface area contributed by atoms with Crippen molar-refractivity contribution in [2.75, 3.05) is 24.7 Å². The summed E-state index contributed by atoms with van der Waals surface area (Å²) < 4.78 is 17.2. The molecule has 0 N–H and O–H groups in total. The fourth-order valence-electron chi connectivity index (χ4n) is 3.62. The third-order valence-electron chi connectivity index (χ3n) is 5.09. The number of anilines is 2. The Kier molecular flexibility index (Phi) is 6.38. The summed E-state index contributed by atoms with van der Waals surface area (Å²) in [5, 5.41) is 11.2. The van der Waals surface area contributed by atoms with Gasteiger partial charge in [0.25, 0.3) is 0 Å². The van der Waals surface area contributed by atoms with Crippen LogP contribution in [0, 0.1) is 0 Å². The zero-order valence-electron chi connectivity index (χ0n) is 17.3. The molecular weight excluding hydrogens is 394 g/mol. The van der Waals surface area contributed by atoms with Crippen LogP contribution in [0.25, 0.3) is 0 Å². The van der Waals surface area contributed by atoms with Crippen molar-refractivity contribution in [2.24, 2.45) is 0 Å². The number of aliphatic carboxylic acids is 1. The first-order valence-corrected chi connectivity index (χ1v) is 10.3. The maximum Gasteiger partial charge on any atom is 0.151 e. The smallest absolute Gasteiger partial charge is 0.151 e. The molecule has 1 aliphatic heterocycles. The number of nitrogens with zero attached hydrogens (tertiary/aromatic N) is 1. The van der Waals surface area contributed by atoms with Crippen molar-refractivity contribution in [3.8, 4) is 17.2 Å². The first-order valence-electron chi connectivity index (χ1n) is 10.3. The van der Waals surface area contributed by atoms with E-state index in [1.807, 2.05) is 72.8 Å². The number of carbonyl (C=O) groups is 1. The van der Waals surface area contributed by atoms with E-state index in [1.54, 1.807) is 6.92 Å². The topological polar surface area (TPSA) is 71.1 Å². The molecule has 0 unspecified atom stereocenters. The number of rotatable bonds is 9. The van der Waals surface area contributed by atoms with Crippen molar-refractivity contribution in [2.45, 2.75) is 19.4 Å². The van der Waals surface area contributed by atoms with E-state index in [-0.39, 0.29) is 6.42 Å². The quantitative estimate of drug-likeness (QED) is 0.528. The molecular formula is C25H24NO5-. The van der Waals surface area contributed by atoms with Crippen LogP contribution in [0.4, 0.5) is 11.4 Å². The van der Waals surface area contributed by atoms with Crippen LogP contribution < -0.4 is 19.5 Å². The van der Waals surface area contributed by atoms with Gasteiger partial charge in [-0.25, -0.2) is 0 Å². The highest BCUT2D eigenvalue weighted by atomic mass is 16.5. The largest absolute Gasteiger partial charge is 0.547 e. The molecule has 1 atom stereocenters. The molecule has 6 nitrogen and oxygen atoms in total. The Morgan fingerprint density at radius 3 is 2.16 bits per heavy atom. The van der Waals surface area contributed by atoms with Crippen molar-refractivity contribution in [1.82, 2.24) is 0 Å². The molecule has 0 aliphatic carbocycles. The van der Waals surface area contributed by atoms with Gasteiger partial charge in [-0.05, 0) is 48.9 Å². The van der Waals surface area contributed by atoms with Gasteiger partial charge in [0.05, 0.1) is 23.9 Å². The number of hydrogen-bond acceptors (Lipinski definition) is 6. The van der Waals surface area contributed by atoms with E-state index in [9.17, 15) is 9.90 Å². The first kappa shape index (κ1) is 20.8. The normalized spacial score (nSPS) is 13.0. The molecule has 3 aromatic rings. The lowest BCUT2D eigenvalue weighted by molar-refractivity contribution is -0.316. The highest BCUT2D eigenvalue weighted by molar-refractivity contribution is 5.77. The van der Waals surface area contributed by atoms with Crippen molar-refractivity contribution < 1.29 is 24.1 Å². The molecule has 0 aromatic heterocycles. The summed E-state index contributed by atoms with van der Waals surface area (Å²) in [5.41, 5.74) is 2.86. The lowest BCUT2D eigenvalue weighted by atomic mass is 10.1. The number of hydrogen-bond donors (Lipinski definition) is 0. The molecule has 1 heterocycles. The summed E-state index contributed by atoms with van der Waals surface area (Å²) in [4.78, 5) is 13.3. The molecule has 0 saturated heterocycles. The van der Waals surface area contributed by atoms with E-state index in [1.165, 1.54) is 0 Å². The highest BCUT2D eigenvalue weighted by Crippen LogP contribution is 2.45. The van der Waals surface area contributed by atoms with Crippen molar-refractivity contribution in [1.29, 1.82) is 0 Å². The summed E-state index contributed by atoms with van der Waals surface area (Å²) >= 11 is 0. The van der Waals surface area contributed by atoms with Gasteiger partial charge in [0.15, 0.2) is 11.5 Å². The zero-order chi connectivity index (χ0) is 21.6. The fraction of sp³-hybridized carbons (Fsp3) is 0.240. The monoisotopic (exact) mass is 418 g/mol. The molecule has 31 heavy (non-hydrogen) atoms. The van der Waals surface area contributed by atoms with E-state index < -0.39 is 12.1 Å². The summed E-state index contributed by atoms with van der Waals surface area (Å²) in [6, 6.07) is 23.3. The second kappa shape index (κ2) is 9.53. The van der Waals surface area contributed by atoms with Gasteiger partial charge < -0.3 is 29.0 Å². The van der Waals surface area contributed by atoms with Crippen LogP contribution in [-0.2, 0) is 16.0 Å². The van der Waals surface area contributed by atoms with Gasteiger partial charge in [-0.15, -0.1) is 0 Å². The van der Waals surface area contributed by atoms with E-state index in [4.69, 9.17) is 14.2 Å². The Bertz CT molecular complexity index is 989. The number of carbonyl (C=O) groups excluding carboxylic acids is 1. The van der Waals surface area contributed by atoms with Gasteiger partial charge >= 0.3 is 0 Å². The molecule has 0 spiro atoms. The second-order valence-electron chi connectivity index (χ2n) is 7.15. The third kappa shape index (κ3) is 4.81.